The summed E-state index contributed by atoms with van der Waals surface area (Å²) < 4.78 is 5.73. The zero-order valence-electron chi connectivity index (χ0n) is 17.7. The monoisotopic (exact) mass is 505 g/mol. The first kappa shape index (κ1) is 27.1. The second-order valence-electron chi connectivity index (χ2n) is 6.87. The van der Waals surface area contributed by atoms with Crippen molar-refractivity contribution >= 4 is 29.9 Å². The number of ether oxygens (including phenoxy) is 1. The van der Waals surface area contributed by atoms with E-state index in [1.807, 2.05) is 6.07 Å². The van der Waals surface area contributed by atoms with Crippen LogP contribution < -0.4 is 10.6 Å². The van der Waals surface area contributed by atoms with E-state index in [0.29, 0.717) is 5.92 Å². The Balaban J connectivity index is 0.00000729. The molecule has 1 aromatic rings. The number of aliphatic hydroxyl groups excluding tert-OH is 1. The van der Waals surface area contributed by atoms with E-state index in [4.69, 9.17) is 9.84 Å². The number of halogens is 1. The zero-order chi connectivity index (χ0) is 19.6. The molecule has 162 valence electrons. The number of unbranched alkanes of at least 4 members (excludes halogenated alkanes) is 1. The Morgan fingerprint density at radius 1 is 1.07 bits per heavy atom. The highest BCUT2D eigenvalue weighted by atomic mass is 127. The van der Waals surface area contributed by atoms with E-state index >= 15 is 0 Å². The average molecular weight is 505 g/mol. The van der Waals surface area contributed by atoms with Crippen molar-refractivity contribution < 1.29 is 9.84 Å². The van der Waals surface area contributed by atoms with Crippen LogP contribution in [-0.4, -0.2) is 50.5 Å². The highest BCUT2D eigenvalue weighted by Gasteiger charge is 2.07. The van der Waals surface area contributed by atoms with Crippen molar-refractivity contribution in [1.29, 1.82) is 0 Å². The normalized spacial score (nSPS) is 12.3. The molecule has 1 atom stereocenters. The molecular weight excluding hydrogens is 465 g/mol. The first-order valence-corrected chi connectivity index (χ1v) is 10.5. The summed E-state index contributed by atoms with van der Waals surface area (Å²) in [5.74, 6) is 1.34. The van der Waals surface area contributed by atoms with E-state index in [9.17, 15) is 0 Å². The summed E-state index contributed by atoms with van der Waals surface area (Å²) in [6.07, 6.45) is 6.16. The van der Waals surface area contributed by atoms with Gasteiger partial charge in [0.15, 0.2) is 5.96 Å². The fraction of sp³-hybridized carbons (Fsp3) is 0.682. The number of rotatable bonds is 15. The van der Waals surface area contributed by atoms with Crippen molar-refractivity contribution in [2.24, 2.45) is 10.9 Å². The molecule has 1 aromatic carbocycles. The summed E-state index contributed by atoms with van der Waals surface area (Å²) in [7, 11) is 0. The number of aliphatic hydroxyl groups is 1. The molecule has 0 bridgehead atoms. The van der Waals surface area contributed by atoms with Crippen LogP contribution in [-0.2, 0) is 11.2 Å². The summed E-state index contributed by atoms with van der Waals surface area (Å²) >= 11 is 0. The van der Waals surface area contributed by atoms with Gasteiger partial charge in [-0.15, -0.1) is 24.0 Å². The maximum absolute atomic E-state index is 9.17. The molecule has 1 unspecified atom stereocenters. The van der Waals surface area contributed by atoms with Gasteiger partial charge >= 0.3 is 0 Å². The van der Waals surface area contributed by atoms with E-state index in [0.717, 1.165) is 77.3 Å². The van der Waals surface area contributed by atoms with E-state index < -0.39 is 0 Å². The highest BCUT2D eigenvalue weighted by molar-refractivity contribution is 14.0. The molecule has 0 radical (unpaired) electrons. The SMILES string of the molecule is CCCC(CCO)CN=C(NCC)NCCCCOCCc1ccccc1.I. The number of guanidine groups is 1. The van der Waals surface area contributed by atoms with Crippen molar-refractivity contribution in [1.82, 2.24) is 10.6 Å². The third kappa shape index (κ3) is 14.2. The Hall–Kier alpha value is -0.860. The summed E-state index contributed by atoms with van der Waals surface area (Å²) in [4.78, 5) is 4.68. The molecular formula is C22H40IN3O2. The van der Waals surface area contributed by atoms with E-state index in [-0.39, 0.29) is 30.6 Å². The maximum atomic E-state index is 9.17. The van der Waals surface area contributed by atoms with Gasteiger partial charge in [-0.3, -0.25) is 4.99 Å². The number of benzene rings is 1. The molecule has 0 aliphatic heterocycles. The van der Waals surface area contributed by atoms with Gasteiger partial charge in [-0.1, -0.05) is 43.7 Å². The van der Waals surface area contributed by atoms with E-state index in [2.05, 4.69) is 53.7 Å². The minimum absolute atomic E-state index is 0. The molecule has 0 amide bonds. The van der Waals surface area contributed by atoms with Crippen LogP contribution in [0.4, 0.5) is 0 Å². The lowest BCUT2D eigenvalue weighted by molar-refractivity contribution is 0.133. The minimum Gasteiger partial charge on any atom is -0.396 e. The number of aliphatic imine (C=N–C) groups is 1. The molecule has 0 saturated heterocycles. The van der Waals surface area contributed by atoms with Crippen LogP contribution >= 0.6 is 24.0 Å². The lowest BCUT2D eigenvalue weighted by atomic mass is 10.0. The Labute approximate surface area is 188 Å². The summed E-state index contributed by atoms with van der Waals surface area (Å²) in [5.41, 5.74) is 1.33. The molecule has 0 fully saturated rings. The number of nitrogens with zero attached hydrogens (tertiary/aromatic N) is 1. The maximum Gasteiger partial charge on any atom is 0.191 e. The molecule has 0 saturated carbocycles. The van der Waals surface area contributed by atoms with E-state index in [1.54, 1.807) is 0 Å². The molecule has 0 aliphatic rings. The van der Waals surface area contributed by atoms with Crippen LogP contribution in [0.5, 0.6) is 0 Å². The van der Waals surface area contributed by atoms with Gasteiger partial charge in [0.05, 0.1) is 6.61 Å². The molecule has 3 N–H and O–H groups in total. The third-order valence-electron chi connectivity index (χ3n) is 4.47. The minimum atomic E-state index is 0. The molecule has 6 heteroatoms. The van der Waals surface area contributed by atoms with Gasteiger partial charge in [-0.2, -0.15) is 0 Å². The summed E-state index contributed by atoms with van der Waals surface area (Å²) in [5, 5.41) is 15.9. The van der Waals surface area contributed by atoms with Gasteiger partial charge in [0.25, 0.3) is 0 Å². The number of hydrogen-bond acceptors (Lipinski definition) is 3. The smallest absolute Gasteiger partial charge is 0.191 e. The predicted molar refractivity (Wildman–Crippen MR) is 130 cm³/mol. The number of nitrogens with one attached hydrogen (secondary N) is 2. The second kappa shape index (κ2) is 19.5. The quantitative estimate of drug-likeness (QED) is 0.146. The van der Waals surface area contributed by atoms with Crippen molar-refractivity contribution in [3.05, 3.63) is 35.9 Å². The molecule has 0 aliphatic carbocycles. The Morgan fingerprint density at radius 2 is 1.86 bits per heavy atom. The first-order valence-electron chi connectivity index (χ1n) is 10.5. The third-order valence-corrected chi connectivity index (χ3v) is 4.47. The van der Waals surface area contributed by atoms with Gasteiger partial charge < -0.3 is 20.5 Å². The second-order valence-corrected chi connectivity index (χ2v) is 6.87. The van der Waals surface area contributed by atoms with Crippen molar-refractivity contribution in [3.63, 3.8) is 0 Å². The molecule has 0 aromatic heterocycles. The molecule has 5 nitrogen and oxygen atoms in total. The van der Waals surface area contributed by atoms with Crippen LogP contribution in [0.15, 0.2) is 35.3 Å². The zero-order valence-corrected chi connectivity index (χ0v) is 20.0. The predicted octanol–water partition coefficient (Wildman–Crippen LogP) is 4.00. The fourth-order valence-electron chi connectivity index (χ4n) is 2.95. The first-order chi connectivity index (χ1) is 13.3. The van der Waals surface area contributed by atoms with Crippen molar-refractivity contribution in [2.45, 2.75) is 52.4 Å². The van der Waals surface area contributed by atoms with Crippen molar-refractivity contribution in [2.75, 3.05) is 39.5 Å². The Morgan fingerprint density at radius 3 is 2.54 bits per heavy atom. The summed E-state index contributed by atoms with van der Waals surface area (Å²) in [6.45, 7) is 8.61. The van der Waals surface area contributed by atoms with Gasteiger partial charge in [0, 0.05) is 32.8 Å². The molecule has 0 spiro atoms. The van der Waals surface area contributed by atoms with Gasteiger partial charge in [-0.05, 0) is 50.5 Å². The van der Waals surface area contributed by atoms with Gasteiger partial charge in [0.1, 0.15) is 0 Å². The lowest BCUT2D eigenvalue weighted by Gasteiger charge is -2.15. The van der Waals surface area contributed by atoms with Crippen LogP contribution in [0, 0.1) is 5.92 Å². The molecule has 0 heterocycles. The van der Waals surface area contributed by atoms with E-state index in [1.165, 1.54) is 5.56 Å². The average Bonchev–Trinajstić information content (AvgIpc) is 2.69. The lowest BCUT2D eigenvalue weighted by Crippen LogP contribution is -2.38. The topological polar surface area (TPSA) is 65.9 Å². The number of hydrogen-bond donors (Lipinski definition) is 3. The Kier molecular flexibility index (Phi) is 18.9. The molecule has 28 heavy (non-hydrogen) atoms. The fourth-order valence-corrected chi connectivity index (χ4v) is 2.95. The van der Waals surface area contributed by atoms with Crippen LogP contribution in [0.2, 0.25) is 0 Å². The standard InChI is InChI=1S/C22H39N3O2.HI/c1-3-10-21(13-16-26)19-25-22(23-4-2)24-15-8-9-17-27-18-14-20-11-6-5-7-12-20;/h5-7,11-12,21,26H,3-4,8-10,13-19H2,1-2H3,(H2,23,24,25);1H. The van der Waals surface area contributed by atoms with Crippen LogP contribution in [0.3, 0.4) is 0 Å². The van der Waals surface area contributed by atoms with Crippen LogP contribution in [0.25, 0.3) is 0 Å². The summed E-state index contributed by atoms with van der Waals surface area (Å²) in [6, 6.07) is 10.5. The Bertz CT molecular complexity index is 480. The van der Waals surface area contributed by atoms with Crippen LogP contribution in [0.1, 0.15) is 51.5 Å². The van der Waals surface area contributed by atoms with Crippen molar-refractivity contribution in [3.8, 4) is 0 Å². The highest BCUT2D eigenvalue weighted by Crippen LogP contribution is 2.10. The van der Waals surface area contributed by atoms with Gasteiger partial charge in [0.2, 0.25) is 0 Å². The molecule has 1 rings (SSSR count). The largest absolute Gasteiger partial charge is 0.396 e. The van der Waals surface area contributed by atoms with Gasteiger partial charge in [-0.25, -0.2) is 0 Å².